The zero-order valence-electron chi connectivity index (χ0n) is 14.1. The van der Waals surface area contributed by atoms with Crippen LogP contribution in [0.3, 0.4) is 0 Å². The molecule has 0 aromatic heterocycles. The van der Waals surface area contributed by atoms with Crippen molar-refractivity contribution in [3.8, 4) is 0 Å². The normalized spacial score (nSPS) is 16.3. The van der Waals surface area contributed by atoms with E-state index in [1.54, 1.807) is 13.8 Å². The van der Waals surface area contributed by atoms with Crippen LogP contribution in [-0.2, 0) is 18.8 Å². The Morgan fingerprint density at radius 3 is 2.35 bits per heavy atom. The molecule has 0 fully saturated rings. The Morgan fingerprint density at radius 1 is 1.22 bits per heavy atom. The second kappa shape index (κ2) is 10.6. The van der Waals surface area contributed by atoms with E-state index < -0.39 is 32.0 Å². The second-order valence-corrected chi connectivity index (χ2v) is 8.20. The van der Waals surface area contributed by atoms with Gasteiger partial charge >= 0.3 is 12.1 Å². The number of alkyl halides is 1. The van der Waals surface area contributed by atoms with E-state index in [0.29, 0.717) is 6.42 Å². The van der Waals surface area contributed by atoms with Gasteiger partial charge in [-0.05, 0) is 6.42 Å². The molecule has 0 saturated heterocycles. The van der Waals surface area contributed by atoms with Crippen molar-refractivity contribution in [1.29, 1.82) is 0 Å². The monoisotopic (exact) mass is 355 g/mol. The van der Waals surface area contributed by atoms with Crippen LogP contribution in [0.25, 0.3) is 0 Å². The third-order valence-corrected chi connectivity index (χ3v) is 4.87. The number of hydrogen-bond donors (Lipinski definition) is 2. The summed E-state index contributed by atoms with van der Waals surface area (Å²) in [6.07, 6.45) is -3.03. The average molecular weight is 355 g/mol. The minimum atomic E-state index is -3.37. The van der Waals surface area contributed by atoms with Gasteiger partial charge in [-0.2, -0.15) is 0 Å². The molecule has 0 aliphatic heterocycles. The molecule has 0 saturated carbocycles. The Bertz CT molecular complexity index is 431. The van der Waals surface area contributed by atoms with Gasteiger partial charge in [0.15, 0.2) is 6.30 Å². The zero-order valence-corrected chi connectivity index (χ0v) is 15.0. The van der Waals surface area contributed by atoms with Crippen LogP contribution in [-0.4, -0.2) is 41.9 Å². The van der Waals surface area contributed by atoms with Gasteiger partial charge in [-0.3, -0.25) is 14.7 Å². The minimum absolute atomic E-state index is 0.142. The standard InChI is InChI=1S/C14H27FNO6P/c1-5-6-8-23(19,20)9-7-12(15)16-14(18)22-11(4)21-13(17)10(2)3/h10-12H,5-9H2,1-4H3,(H,16,18)(H,19,20). The average Bonchev–Trinajstić information content (AvgIpc) is 2.42. The maximum absolute atomic E-state index is 13.6. The van der Waals surface area contributed by atoms with Crippen LogP contribution in [0.4, 0.5) is 9.18 Å². The molecule has 0 aliphatic rings. The molecule has 0 aromatic rings. The lowest BCUT2D eigenvalue weighted by Gasteiger charge is -2.17. The lowest BCUT2D eigenvalue weighted by atomic mass is 10.2. The van der Waals surface area contributed by atoms with Gasteiger partial charge in [-0.25, -0.2) is 9.18 Å². The molecular formula is C14H27FNO6P. The number of ether oxygens (including phenoxy) is 2. The summed E-state index contributed by atoms with van der Waals surface area (Å²) < 4.78 is 34.8. The van der Waals surface area contributed by atoms with Gasteiger partial charge in [0.2, 0.25) is 13.7 Å². The fraction of sp³-hybridized carbons (Fsp3) is 0.857. The predicted octanol–water partition coefficient (Wildman–Crippen LogP) is 3.01. The molecule has 7 nitrogen and oxygen atoms in total. The van der Waals surface area contributed by atoms with E-state index in [-0.39, 0.29) is 24.7 Å². The van der Waals surface area contributed by atoms with Gasteiger partial charge < -0.3 is 14.4 Å². The first kappa shape index (κ1) is 21.9. The highest BCUT2D eigenvalue weighted by atomic mass is 31.2. The number of halogens is 1. The van der Waals surface area contributed by atoms with Crippen molar-refractivity contribution in [1.82, 2.24) is 5.32 Å². The molecule has 0 bridgehead atoms. The Morgan fingerprint density at radius 2 is 1.83 bits per heavy atom. The number of alkyl carbamates (subject to hydrolysis) is 1. The van der Waals surface area contributed by atoms with Crippen LogP contribution in [0, 0.1) is 5.92 Å². The van der Waals surface area contributed by atoms with Crippen molar-refractivity contribution >= 4 is 19.4 Å². The largest absolute Gasteiger partial charge is 0.425 e. The summed E-state index contributed by atoms with van der Waals surface area (Å²) in [6.45, 7) is 6.47. The summed E-state index contributed by atoms with van der Waals surface area (Å²) in [7, 11) is -3.37. The van der Waals surface area contributed by atoms with Crippen molar-refractivity contribution in [2.45, 2.75) is 59.5 Å². The number of amides is 1. The molecule has 0 aromatic carbocycles. The number of rotatable bonds is 10. The van der Waals surface area contributed by atoms with E-state index in [4.69, 9.17) is 4.74 Å². The van der Waals surface area contributed by atoms with E-state index in [1.807, 2.05) is 12.2 Å². The van der Waals surface area contributed by atoms with Crippen molar-refractivity contribution < 1.29 is 32.9 Å². The maximum Gasteiger partial charge on any atom is 0.412 e. The molecule has 136 valence electrons. The molecule has 0 spiro atoms. The number of unbranched alkanes of at least 4 members (excludes halogenated alkanes) is 1. The number of nitrogens with one attached hydrogen (secondary N) is 1. The van der Waals surface area contributed by atoms with Gasteiger partial charge in [0.05, 0.1) is 5.92 Å². The highest BCUT2D eigenvalue weighted by molar-refractivity contribution is 7.57. The molecular weight excluding hydrogens is 328 g/mol. The number of esters is 1. The van der Waals surface area contributed by atoms with E-state index in [2.05, 4.69) is 4.74 Å². The third-order valence-electron chi connectivity index (χ3n) is 2.89. The first-order valence-corrected chi connectivity index (χ1v) is 9.73. The smallest absolute Gasteiger partial charge is 0.412 e. The van der Waals surface area contributed by atoms with Gasteiger partial charge in [-0.1, -0.05) is 27.2 Å². The molecule has 3 unspecified atom stereocenters. The zero-order chi connectivity index (χ0) is 18.0. The van der Waals surface area contributed by atoms with Gasteiger partial charge in [0, 0.05) is 25.7 Å². The van der Waals surface area contributed by atoms with E-state index in [9.17, 15) is 23.4 Å². The number of hydrogen-bond acceptors (Lipinski definition) is 5. The van der Waals surface area contributed by atoms with Gasteiger partial charge in [0.25, 0.3) is 0 Å². The molecule has 0 radical (unpaired) electrons. The van der Waals surface area contributed by atoms with Crippen LogP contribution < -0.4 is 5.32 Å². The molecule has 23 heavy (non-hydrogen) atoms. The lowest BCUT2D eigenvalue weighted by molar-refractivity contribution is -0.168. The highest BCUT2D eigenvalue weighted by Crippen LogP contribution is 2.42. The molecule has 2 N–H and O–H groups in total. The summed E-state index contributed by atoms with van der Waals surface area (Å²) in [6, 6.07) is 0. The third kappa shape index (κ3) is 11.1. The topological polar surface area (TPSA) is 102 Å². The summed E-state index contributed by atoms with van der Waals surface area (Å²) in [5, 5.41) is 1.89. The number of carbonyl (C=O) groups is 2. The summed E-state index contributed by atoms with van der Waals surface area (Å²) in [5.74, 6) is -0.918. The lowest BCUT2D eigenvalue weighted by Crippen LogP contribution is -2.36. The molecule has 1 amide bonds. The summed E-state index contributed by atoms with van der Waals surface area (Å²) in [5.41, 5.74) is 0. The van der Waals surface area contributed by atoms with Crippen LogP contribution in [0.2, 0.25) is 0 Å². The van der Waals surface area contributed by atoms with Gasteiger partial charge in [0.1, 0.15) is 0 Å². The Labute approximate surface area is 136 Å². The number of carbonyl (C=O) groups excluding carboxylic acids is 2. The van der Waals surface area contributed by atoms with Crippen molar-refractivity contribution in [2.24, 2.45) is 5.92 Å². The first-order valence-electron chi connectivity index (χ1n) is 7.70. The summed E-state index contributed by atoms with van der Waals surface area (Å²) >= 11 is 0. The van der Waals surface area contributed by atoms with Crippen LogP contribution in [0.15, 0.2) is 0 Å². The van der Waals surface area contributed by atoms with Crippen molar-refractivity contribution in [3.05, 3.63) is 0 Å². The highest BCUT2D eigenvalue weighted by Gasteiger charge is 2.22. The molecule has 3 atom stereocenters. The predicted molar refractivity (Wildman–Crippen MR) is 84.0 cm³/mol. The van der Waals surface area contributed by atoms with E-state index in [0.717, 1.165) is 6.42 Å². The maximum atomic E-state index is 13.6. The van der Waals surface area contributed by atoms with Crippen molar-refractivity contribution in [2.75, 3.05) is 12.3 Å². The minimum Gasteiger partial charge on any atom is -0.425 e. The van der Waals surface area contributed by atoms with E-state index in [1.165, 1.54) is 6.92 Å². The Kier molecular flexibility index (Phi) is 10.1. The Hall–Kier alpha value is -1.14. The fourth-order valence-corrected chi connectivity index (χ4v) is 3.20. The van der Waals surface area contributed by atoms with Crippen LogP contribution in [0.1, 0.15) is 47.0 Å². The quantitative estimate of drug-likeness (QED) is 0.270. The molecule has 9 heteroatoms. The molecule has 0 rings (SSSR count). The summed E-state index contributed by atoms with van der Waals surface area (Å²) in [4.78, 5) is 32.3. The van der Waals surface area contributed by atoms with Crippen molar-refractivity contribution in [3.63, 3.8) is 0 Å². The molecule has 0 heterocycles. The van der Waals surface area contributed by atoms with Gasteiger partial charge in [-0.15, -0.1) is 0 Å². The first-order chi connectivity index (χ1) is 10.6. The fourth-order valence-electron chi connectivity index (χ4n) is 1.54. The van der Waals surface area contributed by atoms with Crippen LogP contribution >= 0.6 is 7.37 Å². The second-order valence-electron chi connectivity index (χ2n) is 5.61. The Balaban J connectivity index is 4.10. The van der Waals surface area contributed by atoms with E-state index >= 15 is 0 Å². The van der Waals surface area contributed by atoms with Crippen LogP contribution in [0.5, 0.6) is 0 Å². The SMILES string of the molecule is CCCCP(=O)(O)CCC(F)NC(=O)OC(C)OC(=O)C(C)C. The molecule has 0 aliphatic carbocycles.